The second-order valence-corrected chi connectivity index (χ2v) is 12.7. The molecule has 2 aliphatic rings. The summed E-state index contributed by atoms with van der Waals surface area (Å²) in [5.74, 6) is -0.0663. The van der Waals surface area contributed by atoms with Crippen LogP contribution in [-0.4, -0.2) is 60.2 Å². The first-order valence-electron chi connectivity index (χ1n) is 13.4. The maximum Gasteiger partial charge on any atom is 0.259 e. The standard InChI is InChI=1S/C30H39N2O2S2/c1-32(2,18-14-23-21-36-22-28(23)24-15-19-35-20-24)27-12-16-31(17-13-27)29(33)30(34,26-10-6-7-11-26)25-8-4-3-5-9-25/h3-5,8-9,15,19-22,26-27,34H,6-7,10-14,16-18H2,1-2H3/q+1. The van der Waals surface area contributed by atoms with Crippen LogP contribution in [0.15, 0.2) is 57.9 Å². The summed E-state index contributed by atoms with van der Waals surface area (Å²) in [5.41, 5.74) is 3.53. The van der Waals surface area contributed by atoms with Gasteiger partial charge in [0.2, 0.25) is 0 Å². The molecule has 3 heterocycles. The van der Waals surface area contributed by atoms with E-state index in [0.717, 1.165) is 74.6 Å². The Kier molecular flexibility index (Phi) is 7.68. The molecule has 4 nitrogen and oxygen atoms in total. The molecule has 2 aromatic heterocycles. The Labute approximate surface area is 223 Å². The van der Waals surface area contributed by atoms with Crippen molar-refractivity contribution in [1.29, 1.82) is 0 Å². The molecule has 1 N–H and O–H groups in total. The SMILES string of the molecule is C[N+](C)(CCc1cscc1-c1ccsc1)C1CCN(C(=O)C(O)(c2ccccc2)C2CCCC2)CC1. The van der Waals surface area contributed by atoms with Gasteiger partial charge in [0.15, 0.2) is 5.60 Å². The van der Waals surface area contributed by atoms with Crippen LogP contribution in [0.2, 0.25) is 0 Å². The Bertz CT molecular complexity index is 1130. The Morgan fingerprint density at radius 3 is 2.39 bits per heavy atom. The lowest BCUT2D eigenvalue weighted by molar-refractivity contribution is -0.916. The molecule has 5 rings (SSSR count). The fourth-order valence-corrected chi connectivity index (χ4v) is 7.91. The molecule has 1 atom stereocenters. The minimum absolute atomic E-state index is 0.0142. The normalized spacial score (nSPS) is 19.5. The number of amides is 1. The van der Waals surface area contributed by atoms with Crippen molar-refractivity contribution >= 4 is 28.6 Å². The van der Waals surface area contributed by atoms with Crippen LogP contribution in [0.4, 0.5) is 0 Å². The Morgan fingerprint density at radius 2 is 1.72 bits per heavy atom. The molecule has 6 heteroatoms. The summed E-state index contributed by atoms with van der Waals surface area (Å²) >= 11 is 3.55. The van der Waals surface area contributed by atoms with E-state index in [2.05, 4.69) is 41.7 Å². The highest BCUT2D eigenvalue weighted by atomic mass is 32.1. The number of rotatable bonds is 8. The van der Waals surface area contributed by atoms with Gasteiger partial charge in [0, 0.05) is 38.3 Å². The third kappa shape index (κ3) is 5.06. The highest BCUT2D eigenvalue weighted by Crippen LogP contribution is 2.42. The summed E-state index contributed by atoms with van der Waals surface area (Å²) in [6.07, 6.45) is 7.07. The number of likely N-dealkylation sites (tertiary alicyclic amines) is 1. The predicted octanol–water partition coefficient (Wildman–Crippen LogP) is 6.16. The van der Waals surface area contributed by atoms with E-state index in [4.69, 9.17) is 0 Å². The van der Waals surface area contributed by atoms with Gasteiger partial charge in [-0.05, 0) is 62.7 Å². The van der Waals surface area contributed by atoms with Crippen LogP contribution in [0, 0.1) is 5.92 Å². The molecule has 0 radical (unpaired) electrons. The van der Waals surface area contributed by atoms with Crippen molar-refractivity contribution in [2.45, 2.75) is 56.6 Å². The molecular formula is C30H39N2O2S2+. The number of likely N-dealkylation sites (N-methyl/N-ethyl adjacent to an activating group) is 1. The molecule has 192 valence electrons. The van der Waals surface area contributed by atoms with Crippen molar-refractivity contribution in [2.24, 2.45) is 5.92 Å². The first-order valence-corrected chi connectivity index (χ1v) is 15.3. The van der Waals surface area contributed by atoms with Gasteiger partial charge >= 0.3 is 0 Å². The monoisotopic (exact) mass is 523 g/mol. The highest BCUT2D eigenvalue weighted by Gasteiger charge is 2.49. The van der Waals surface area contributed by atoms with Crippen LogP contribution in [0.25, 0.3) is 11.1 Å². The van der Waals surface area contributed by atoms with Crippen LogP contribution in [0.3, 0.4) is 0 Å². The van der Waals surface area contributed by atoms with Gasteiger partial charge in [0.05, 0.1) is 26.7 Å². The molecular weight excluding hydrogens is 484 g/mol. The number of nitrogens with zero attached hydrogens (tertiary/aromatic N) is 2. The second-order valence-electron chi connectivity index (χ2n) is 11.2. The van der Waals surface area contributed by atoms with Gasteiger partial charge in [-0.1, -0.05) is 43.2 Å². The Morgan fingerprint density at radius 1 is 1.00 bits per heavy atom. The maximum atomic E-state index is 13.9. The predicted molar refractivity (Wildman–Crippen MR) is 150 cm³/mol. The fourth-order valence-electron chi connectivity index (χ4n) is 6.36. The first kappa shape index (κ1) is 25.7. The number of carbonyl (C=O) groups excluding carboxylic acids is 1. The van der Waals surface area contributed by atoms with E-state index in [1.54, 1.807) is 22.7 Å². The highest BCUT2D eigenvalue weighted by molar-refractivity contribution is 7.09. The van der Waals surface area contributed by atoms with Gasteiger partial charge in [-0.3, -0.25) is 4.79 Å². The van der Waals surface area contributed by atoms with Gasteiger partial charge < -0.3 is 14.5 Å². The largest absolute Gasteiger partial charge is 0.375 e. The van der Waals surface area contributed by atoms with E-state index in [9.17, 15) is 9.90 Å². The number of hydrogen-bond acceptors (Lipinski definition) is 4. The molecule has 1 aliphatic heterocycles. The van der Waals surface area contributed by atoms with Crippen LogP contribution in [0.1, 0.15) is 49.7 Å². The smallest absolute Gasteiger partial charge is 0.259 e. The van der Waals surface area contributed by atoms with Crippen LogP contribution >= 0.6 is 22.7 Å². The fraction of sp³-hybridized carbons (Fsp3) is 0.500. The first-order chi connectivity index (χ1) is 17.4. The van der Waals surface area contributed by atoms with E-state index in [1.165, 1.54) is 16.7 Å². The molecule has 1 saturated carbocycles. The molecule has 0 spiro atoms. The summed E-state index contributed by atoms with van der Waals surface area (Å²) < 4.78 is 0.965. The van der Waals surface area contributed by atoms with Gasteiger partial charge in [-0.15, -0.1) is 0 Å². The lowest BCUT2D eigenvalue weighted by Crippen LogP contribution is -2.58. The van der Waals surface area contributed by atoms with Gasteiger partial charge in [-0.2, -0.15) is 22.7 Å². The van der Waals surface area contributed by atoms with E-state index in [0.29, 0.717) is 6.04 Å². The maximum absolute atomic E-state index is 13.9. The molecule has 2 fully saturated rings. The zero-order chi connectivity index (χ0) is 25.2. The Hall–Kier alpha value is -1.99. The van der Waals surface area contributed by atoms with Crippen LogP contribution in [-0.2, 0) is 16.8 Å². The van der Waals surface area contributed by atoms with E-state index in [-0.39, 0.29) is 11.8 Å². The number of piperidine rings is 1. The van der Waals surface area contributed by atoms with Crippen molar-refractivity contribution in [1.82, 2.24) is 4.90 Å². The second kappa shape index (κ2) is 10.8. The molecule has 0 bridgehead atoms. The number of thiophene rings is 2. The number of hydrogen-bond donors (Lipinski definition) is 1. The molecule has 1 amide bonds. The zero-order valence-electron chi connectivity index (χ0n) is 21.6. The number of benzene rings is 1. The van der Waals surface area contributed by atoms with E-state index < -0.39 is 5.60 Å². The van der Waals surface area contributed by atoms with Crippen LogP contribution < -0.4 is 0 Å². The average Bonchev–Trinajstić information content (AvgIpc) is 3.70. The van der Waals surface area contributed by atoms with Gasteiger partial charge in [0.1, 0.15) is 0 Å². The average molecular weight is 524 g/mol. The van der Waals surface area contributed by atoms with Crippen molar-refractivity contribution in [3.63, 3.8) is 0 Å². The summed E-state index contributed by atoms with van der Waals surface area (Å²) in [5, 5.41) is 20.9. The summed E-state index contributed by atoms with van der Waals surface area (Å²) in [6, 6.07) is 12.4. The summed E-state index contributed by atoms with van der Waals surface area (Å²) in [4.78, 5) is 15.8. The molecule has 1 aromatic carbocycles. The lowest BCUT2D eigenvalue weighted by Gasteiger charge is -2.45. The summed E-state index contributed by atoms with van der Waals surface area (Å²) in [7, 11) is 4.69. The molecule has 36 heavy (non-hydrogen) atoms. The Balaban J connectivity index is 1.23. The minimum atomic E-state index is -1.40. The third-order valence-electron chi connectivity index (χ3n) is 8.76. The van der Waals surface area contributed by atoms with Crippen molar-refractivity contribution in [3.8, 4) is 11.1 Å². The lowest BCUT2D eigenvalue weighted by atomic mass is 9.78. The molecule has 1 aliphatic carbocycles. The van der Waals surface area contributed by atoms with E-state index in [1.807, 2.05) is 35.2 Å². The number of carbonyl (C=O) groups is 1. The van der Waals surface area contributed by atoms with E-state index >= 15 is 0 Å². The molecule has 3 aromatic rings. The third-order valence-corrected chi connectivity index (χ3v) is 10.2. The zero-order valence-corrected chi connectivity index (χ0v) is 23.2. The quantitative estimate of drug-likeness (QED) is 0.359. The van der Waals surface area contributed by atoms with Crippen molar-refractivity contribution in [3.05, 3.63) is 69.0 Å². The van der Waals surface area contributed by atoms with Gasteiger partial charge in [-0.25, -0.2) is 0 Å². The minimum Gasteiger partial charge on any atom is -0.375 e. The number of quaternary nitrogens is 1. The van der Waals surface area contributed by atoms with Crippen molar-refractivity contribution < 1.29 is 14.4 Å². The topological polar surface area (TPSA) is 40.5 Å². The van der Waals surface area contributed by atoms with Crippen molar-refractivity contribution in [2.75, 3.05) is 33.7 Å². The molecule has 1 saturated heterocycles. The number of aliphatic hydroxyl groups is 1. The van der Waals surface area contributed by atoms with Crippen LogP contribution in [0.5, 0.6) is 0 Å². The molecule has 1 unspecified atom stereocenters. The summed E-state index contributed by atoms with van der Waals surface area (Å²) in [6.45, 7) is 2.54. The van der Waals surface area contributed by atoms with Gasteiger partial charge in [0.25, 0.3) is 5.91 Å².